The maximum atomic E-state index is 10.8. The van der Waals surface area contributed by atoms with Crippen molar-refractivity contribution in [2.24, 2.45) is 0 Å². The summed E-state index contributed by atoms with van der Waals surface area (Å²) in [5.74, 6) is 0.637. The summed E-state index contributed by atoms with van der Waals surface area (Å²) in [5.41, 5.74) is 0.774. The average Bonchev–Trinajstić information content (AvgIpc) is 2.19. The van der Waals surface area contributed by atoms with E-state index in [1.165, 1.54) is 0 Å². The molecular formula is C9H8ClI2NO2. The van der Waals surface area contributed by atoms with E-state index in [0.29, 0.717) is 10.8 Å². The lowest BCUT2D eigenvalue weighted by Crippen LogP contribution is -2.08. The first-order valence-electron chi connectivity index (χ1n) is 4.00. The van der Waals surface area contributed by atoms with Crippen LogP contribution in [0.25, 0.3) is 0 Å². The number of hydrogen-bond acceptors (Lipinski definition) is 3. The number of anilines is 1. The largest absolute Gasteiger partial charge is 0.495 e. The molecule has 0 bridgehead atoms. The first-order valence-corrected chi connectivity index (χ1v) is 6.53. The second-order valence-electron chi connectivity index (χ2n) is 2.68. The number of hydrogen-bond donors (Lipinski definition) is 1. The molecule has 0 saturated carbocycles. The van der Waals surface area contributed by atoms with Gasteiger partial charge in [-0.3, -0.25) is 4.79 Å². The molecule has 0 saturated heterocycles. The standard InChI is InChI=1S/C9H8ClI2NO2/c1-15-8-2-5(10)6(11)3-7(8)13-4-9(12)14/h2-3,13H,4H2,1H3. The fourth-order valence-electron chi connectivity index (χ4n) is 1.00. The topological polar surface area (TPSA) is 38.3 Å². The summed E-state index contributed by atoms with van der Waals surface area (Å²) >= 11 is 9.81. The lowest BCUT2D eigenvalue weighted by molar-refractivity contribution is -0.108. The quantitative estimate of drug-likeness (QED) is 0.564. The van der Waals surface area contributed by atoms with Gasteiger partial charge in [-0.2, -0.15) is 0 Å². The van der Waals surface area contributed by atoms with Gasteiger partial charge in [0.2, 0.25) is 3.79 Å². The van der Waals surface area contributed by atoms with Gasteiger partial charge in [0.15, 0.2) is 0 Å². The molecule has 0 spiro atoms. The molecule has 0 heterocycles. The van der Waals surface area contributed by atoms with Crippen LogP contribution in [0.3, 0.4) is 0 Å². The third-order valence-electron chi connectivity index (χ3n) is 1.66. The Balaban J connectivity index is 2.94. The molecule has 15 heavy (non-hydrogen) atoms. The van der Waals surface area contributed by atoms with Gasteiger partial charge >= 0.3 is 0 Å². The molecular weight excluding hydrogens is 443 g/mol. The van der Waals surface area contributed by atoms with Crippen LogP contribution in [-0.2, 0) is 4.79 Å². The Morgan fingerprint density at radius 1 is 1.60 bits per heavy atom. The summed E-state index contributed by atoms with van der Waals surface area (Å²) < 4.78 is 6.11. The zero-order valence-electron chi connectivity index (χ0n) is 7.81. The summed E-state index contributed by atoms with van der Waals surface area (Å²) in [6.07, 6.45) is 0. The minimum Gasteiger partial charge on any atom is -0.495 e. The van der Waals surface area contributed by atoms with E-state index in [2.05, 4.69) is 27.9 Å². The molecule has 6 heteroatoms. The van der Waals surface area contributed by atoms with Crippen molar-refractivity contribution < 1.29 is 9.53 Å². The molecule has 0 aromatic heterocycles. The number of ether oxygens (including phenoxy) is 1. The van der Waals surface area contributed by atoms with Crippen LogP contribution in [0.5, 0.6) is 5.75 Å². The number of methoxy groups -OCH3 is 1. The van der Waals surface area contributed by atoms with Crippen molar-refractivity contribution in [1.29, 1.82) is 0 Å². The molecule has 0 radical (unpaired) electrons. The van der Waals surface area contributed by atoms with Gasteiger partial charge in [-0.05, 0) is 28.7 Å². The first-order chi connectivity index (χ1) is 7.04. The number of nitrogens with one attached hydrogen (secondary N) is 1. The first kappa shape index (κ1) is 13.3. The van der Waals surface area contributed by atoms with Crippen molar-refractivity contribution in [1.82, 2.24) is 0 Å². The highest BCUT2D eigenvalue weighted by Gasteiger charge is 2.08. The SMILES string of the molecule is COc1cc(Cl)c(I)cc1NCC(=O)I. The minimum atomic E-state index is 0.0413. The Morgan fingerprint density at radius 3 is 2.80 bits per heavy atom. The summed E-state index contributed by atoms with van der Waals surface area (Å²) in [4.78, 5) is 10.8. The van der Waals surface area contributed by atoms with Crippen LogP contribution in [0, 0.1) is 3.57 Å². The smallest absolute Gasteiger partial charge is 0.211 e. The summed E-state index contributed by atoms with van der Waals surface area (Å²) in [6, 6.07) is 3.57. The van der Waals surface area contributed by atoms with Gasteiger partial charge in [-0.1, -0.05) is 11.6 Å². The van der Waals surface area contributed by atoms with Gasteiger partial charge in [-0.15, -0.1) is 0 Å². The molecule has 0 atom stereocenters. The van der Waals surface area contributed by atoms with Gasteiger partial charge in [0.05, 0.1) is 24.4 Å². The number of carbonyl (C=O) groups excluding carboxylic acids is 1. The van der Waals surface area contributed by atoms with Crippen LogP contribution in [0.1, 0.15) is 0 Å². The van der Waals surface area contributed by atoms with Crippen LogP contribution in [0.2, 0.25) is 5.02 Å². The fraction of sp³-hybridized carbons (Fsp3) is 0.222. The number of rotatable bonds is 4. The molecule has 1 N–H and O–H groups in total. The van der Waals surface area contributed by atoms with Crippen molar-refractivity contribution in [3.05, 3.63) is 20.7 Å². The number of halogens is 3. The van der Waals surface area contributed by atoms with E-state index in [1.807, 2.05) is 6.07 Å². The molecule has 1 rings (SSSR count). The molecule has 0 fully saturated rings. The van der Waals surface area contributed by atoms with E-state index in [1.54, 1.807) is 35.8 Å². The summed E-state index contributed by atoms with van der Waals surface area (Å²) in [7, 11) is 1.57. The van der Waals surface area contributed by atoms with Crippen molar-refractivity contribution in [3.8, 4) is 5.75 Å². The normalized spacial score (nSPS) is 9.87. The van der Waals surface area contributed by atoms with Crippen LogP contribution < -0.4 is 10.1 Å². The molecule has 3 nitrogen and oxygen atoms in total. The van der Waals surface area contributed by atoms with Gasteiger partial charge in [0.1, 0.15) is 5.75 Å². The molecule has 1 aromatic carbocycles. The highest BCUT2D eigenvalue weighted by Crippen LogP contribution is 2.31. The van der Waals surface area contributed by atoms with Gasteiger partial charge in [-0.25, -0.2) is 0 Å². The Kier molecular flexibility index (Phi) is 5.41. The van der Waals surface area contributed by atoms with Crippen molar-refractivity contribution in [3.63, 3.8) is 0 Å². The number of carbonyl (C=O) groups is 1. The Morgan fingerprint density at radius 2 is 2.27 bits per heavy atom. The molecule has 82 valence electrons. The predicted molar refractivity (Wildman–Crippen MR) is 78.2 cm³/mol. The summed E-state index contributed by atoms with van der Waals surface area (Å²) in [5, 5.41) is 3.62. The van der Waals surface area contributed by atoms with Crippen LogP contribution >= 0.6 is 56.8 Å². The highest BCUT2D eigenvalue weighted by molar-refractivity contribution is 14.1. The Bertz CT molecular complexity index is 385. The molecule has 0 aliphatic carbocycles. The molecule has 0 aliphatic heterocycles. The van der Waals surface area contributed by atoms with E-state index < -0.39 is 0 Å². The van der Waals surface area contributed by atoms with E-state index >= 15 is 0 Å². The van der Waals surface area contributed by atoms with Gasteiger partial charge in [0, 0.05) is 32.2 Å². The van der Waals surface area contributed by atoms with E-state index in [0.717, 1.165) is 9.26 Å². The molecule has 1 aromatic rings. The third-order valence-corrected chi connectivity index (χ3v) is 3.57. The monoisotopic (exact) mass is 451 g/mol. The molecule has 0 aliphatic rings. The highest BCUT2D eigenvalue weighted by atomic mass is 127. The fourth-order valence-corrected chi connectivity index (χ4v) is 1.81. The lowest BCUT2D eigenvalue weighted by Gasteiger charge is -2.11. The van der Waals surface area contributed by atoms with Crippen LogP contribution in [0.4, 0.5) is 5.69 Å². The third kappa shape index (κ3) is 3.95. The number of benzene rings is 1. The minimum absolute atomic E-state index is 0.0413. The lowest BCUT2D eigenvalue weighted by atomic mass is 10.3. The van der Waals surface area contributed by atoms with Gasteiger partial charge in [0.25, 0.3) is 0 Å². The van der Waals surface area contributed by atoms with E-state index in [4.69, 9.17) is 16.3 Å². The van der Waals surface area contributed by atoms with Crippen molar-refractivity contribution >= 4 is 66.3 Å². The zero-order chi connectivity index (χ0) is 11.4. The maximum absolute atomic E-state index is 10.8. The predicted octanol–water partition coefficient (Wildman–Crippen LogP) is 3.33. The Labute approximate surface area is 120 Å². The van der Waals surface area contributed by atoms with Crippen molar-refractivity contribution in [2.45, 2.75) is 0 Å². The van der Waals surface area contributed by atoms with Crippen LogP contribution in [0.15, 0.2) is 12.1 Å². The average molecular weight is 451 g/mol. The van der Waals surface area contributed by atoms with E-state index in [-0.39, 0.29) is 10.3 Å². The summed E-state index contributed by atoms with van der Waals surface area (Å²) in [6.45, 7) is 0.272. The van der Waals surface area contributed by atoms with E-state index in [9.17, 15) is 4.79 Å². The van der Waals surface area contributed by atoms with Gasteiger partial charge < -0.3 is 10.1 Å². The Hall–Kier alpha value is 0.240. The molecule has 0 amide bonds. The zero-order valence-corrected chi connectivity index (χ0v) is 12.9. The second-order valence-corrected chi connectivity index (χ2v) is 5.45. The maximum Gasteiger partial charge on any atom is 0.211 e. The second kappa shape index (κ2) is 6.09. The molecule has 0 unspecified atom stereocenters. The van der Waals surface area contributed by atoms with Crippen molar-refractivity contribution in [2.75, 3.05) is 19.0 Å². The van der Waals surface area contributed by atoms with Crippen LogP contribution in [-0.4, -0.2) is 17.4 Å².